The lowest BCUT2D eigenvalue weighted by Gasteiger charge is -2.21. The SMILES string of the molecule is Cc1ccc(Cn2cccc2C[NH+](Cc2ccccc2)Cc2ccccc2)cc1. The highest BCUT2D eigenvalue weighted by Gasteiger charge is 2.14. The van der Waals surface area contributed by atoms with Gasteiger partial charge >= 0.3 is 0 Å². The number of benzene rings is 3. The van der Waals surface area contributed by atoms with Crippen molar-refractivity contribution < 1.29 is 4.90 Å². The normalized spacial score (nSPS) is 11.1. The van der Waals surface area contributed by atoms with Gasteiger partial charge in [-0.3, -0.25) is 0 Å². The predicted molar refractivity (Wildman–Crippen MR) is 120 cm³/mol. The van der Waals surface area contributed by atoms with E-state index in [4.69, 9.17) is 0 Å². The van der Waals surface area contributed by atoms with Crippen molar-refractivity contribution in [2.24, 2.45) is 0 Å². The van der Waals surface area contributed by atoms with E-state index in [1.165, 1.54) is 27.9 Å². The molecule has 1 N–H and O–H groups in total. The molecule has 0 unspecified atom stereocenters. The third-order valence-corrected chi connectivity index (χ3v) is 5.42. The van der Waals surface area contributed by atoms with Crippen LogP contribution in [0.1, 0.15) is 27.9 Å². The van der Waals surface area contributed by atoms with Crippen LogP contribution in [0.3, 0.4) is 0 Å². The lowest BCUT2D eigenvalue weighted by atomic mass is 10.1. The summed E-state index contributed by atoms with van der Waals surface area (Å²) >= 11 is 0. The number of nitrogens with zero attached hydrogens (tertiary/aromatic N) is 1. The summed E-state index contributed by atoms with van der Waals surface area (Å²) in [6.07, 6.45) is 2.21. The first kappa shape index (κ1) is 19.2. The summed E-state index contributed by atoms with van der Waals surface area (Å²) in [7, 11) is 0. The van der Waals surface area contributed by atoms with Crippen LogP contribution in [-0.2, 0) is 26.2 Å². The first-order valence-electron chi connectivity index (χ1n) is 10.4. The Bertz CT molecular complexity index is 960. The Kier molecular flexibility index (Phi) is 6.23. The second kappa shape index (κ2) is 9.40. The third kappa shape index (κ3) is 5.46. The Hall–Kier alpha value is -3.10. The molecule has 0 spiro atoms. The van der Waals surface area contributed by atoms with Gasteiger partial charge in [-0.25, -0.2) is 0 Å². The fraction of sp³-hybridized carbons (Fsp3) is 0.185. The molecule has 29 heavy (non-hydrogen) atoms. The predicted octanol–water partition coefficient (Wildman–Crippen LogP) is 4.63. The quantitative estimate of drug-likeness (QED) is 0.456. The van der Waals surface area contributed by atoms with Gasteiger partial charge in [0.2, 0.25) is 0 Å². The largest absolute Gasteiger partial charge is 0.342 e. The van der Waals surface area contributed by atoms with Crippen LogP contribution in [0.15, 0.2) is 103 Å². The van der Waals surface area contributed by atoms with E-state index in [1.54, 1.807) is 4.90 Å². The Labute approximate surface area is 174 Å². The lowest BCUT2D eigenvalue weighted by molar-refractivity contribution is -0.941. The molecule has 0 bridgehead atoms. The first-order chi connectivity index (χ1) is 14.3. The van der Waals surface area contributed by atoms with Crippen LogP contribution in [0, 0.1) is 6.92 Å². The van der Waals surface area contributed by atoms with E-state index in [2.05, 4.69) is 115 Å². The Morgan fingerprint density at radius 3 is 1.76 bits per heavy atom. The molecule has 2 heteroatoms. The van der Waals surface area contributed by atoms with Gasteiger partial charge in [-0.1, -0.05) is 90.5 Å². The van der Waals surface area contributed by atoms with E-state index in [0.29, 0.717) is 0 Å². The third-order valence-electron chi connectivity index (χ3n) is 5.42. The monoisotopic (exact) mass is 381 g/mol. The summed E-state index contributed by atoms with van der Waals surface area (Å²) in [6, 6.07) is 34.9. The minimum Gasteiger partial charge on any atom is -0.342 e. The maximum Gasteiger partial charge on any atom is 0.119 e. The Morgan fingerprint density at radius 2 is 1.17 bits per heavy atom. The number of hydrogen-bond donors (Lipinski definition) is 1. The van der Waals surface area contributed by atoms with E-state index >= 15 is 0 Å². The van der Waals surface area contributed by atoms with Crippen molar-refractivity contribution in [1.82, 2.24) is 4.57 Å². The average molecular weight is 382 g/mol. The van der Waals surface area contributed by atoms with Gasteiger partial charge in [0.1, 0.15) is 19.6 Å². The second-order valence-corrected chi connectivity index (χ2v) is 7.86. The van der Waals surface area contributed by atoms with Gasteiger partial charge in [-0.2, -0.15) is 0 Å². The lowest BCUT2D eigenvalue weighted by Crippen LogP contribution is -3.08. The molecule has 4 aromatic rings. The van der Waals surface area contributed by atoms with Gasteiger partial charge in [-0.15, -0.1) is 0 Å². The fourth-order valence-corrected chi connectivity index (χ4v) is 3.87. The zero-order chi connectivity index (χ0) is 19.9. The Morgan fingerprint density at radius 1 is 0.586 bits per heavy atom. The van der Waals surface area contributed by atoms with Gasteiger partial charge in [0, 0.05) is 23.9 Å². The van der Waals surface area contributed by atoms with Gasteiger partial charge < -0.3 is 9.47 Å². The van der Waals surface area contributed by atoms with Crippen LogP contribution >= 0.6 is 0 Å². The molecule has 0 radical (unpaired) electrons. The van der Waals surface area contributed by atoms with Crippen LogP contribution in [0.5, 0.6) is 0 Å². The van der Waals surface area contributed by atoms with E-state index in [9.17, 15) is 0 Å². The van der Waals surface area contributed by atoms with Gasteiger partial charge in [0.05, 0.1) is 5.69 Å². The number of rotatable bonds is 8. The summed E-state index contributed by atoms with van der Waals surface area (Å²) in [5.41, 5.74) is 6.81. The second-order valence-electron chi connectivity index (χ2n) is 7.86. The zero-order valence-corrected chi connectivity index (χ0v) is 17.1. The summed E-state index contributed by atoms with van der Waals surface area (Å²) in [4.78, 5) is 1.55. The van der Waals surface area contributed by atoms with Gasteiger partial charge in [0.25, 0.3) is 0 Å². The van der Waals surface area contributed by atoms with Crippen molar-refractivity contribution >= 4 is 0 Å². The molecule has 1 aromatic heterocycles. The van der Waals surface area contributed by atoms with Crippen molar-refractivity contribution in [1.29, 1.82) is 0 Å². The van der Waals surface area contributed by atoms with Crippen molar-refractivity contribution in [2.75, 3.05) is 0 Å². The molecule has 0 aliphatic carbocycles. The minimum absolute atomic E-state index is 0.923. The van der Waals surface area contributed by atoms with Crippen molar-refractivity contribution in [3.63, 3.8) is 0 Å². The van der Waals surface area contributed by atoms with Crippen molar-refractivity contribution in [3.05, 3.63) is 131 Å². The van der Waals surface area contributed by atoms with Crippen LogP contribution < -0.4 is 4.90 Å². The molecular formula is C27H29N2+. The zero-order valence-electron chi connectivity index (χ0n) is 17.1. The summed E-state index contributed by atoms with van der Waals surface area (Å²) in [5, 5.41) is 0. The molecule has 3 aromatic carbocycles. The molecule has 0 saturated heterocycles. The van der Waals surface area contributed by atoms with Crippen LogP contribution in [-0.4, -0.2) is 4.57 Å². The van der Waals surface area contributed by atoms with E-state index in [-0.39, 0.29) is 0 Å². The van der Waals surface area contributed by atoms with Gasteiger partial charge in [-0.05, 0) is 24.6 Å². The van der Waals surface area contributed by atoms with E-state index in [1.807, 2.05) is 0 Å². The van der Waals surface area contributed by atoms with Crippen molar-refractivity contribution in [2.45, 2.75) is 33.1 Å². The van der Waals surface area contributed by atoms with Crippen LogP contribution in [0.4, 0.5) is 0 Å². The summed E-state index contributed by atoms with van der Waals surface area (Å²) in [5.74, 6) is 0. The molecule has 0 atom stereocenters. The molecule has 0 amide bonds. The standard InChI is InChI=1S/C27H28N2/c1-23-14-16-26(17-15-23)21-29-18-8-13-27(29)22-28(19-24-9-4-2-5-10-24)20-25-11-6-3-7-12-25/h2-18H,19-22H2,1H3/p+1. The van der Waals surface area contributed by atoms with Crippen LogP contribution in [0.2, 0.25) is 0 Å². The number of hydrogen-bond acceptors (Lipinski definition) is 0. The minimum atomic E-state index is 0.923. The van der Waals surface area contributed by atoms with Gasteiger partial charge in [0.15, 0.2) is 0 Å². The molecule has 0 saturated carbocycles. The molecule has 0 fully saturated rings. The number of nitrogens with one attached hydrogen (secondary N) is 1. The molecular weight excluding hydrogens is 352 g/mol. The molecule has 4 rings (SSSR count). The highest BCUT2D eigenvalue weighted by molar-refractivity contribution is 5.22. The number of aromatic nitrogens is 1. The maximum absolute atomic E-state index is 2.39. The highest BCUT2D eigenvalue weighted by Crippen LogP contribution is 2.09. The molecule has 0 aliphatic rings. The molecule has 2 nitrogen and oxygen atoms in total. The average Bonchev–Trinajstić information content (AvgIpc) is 3.18. The summed E-state index contributed by atoms with van der Waals surface area (Å²) in [6.45, 7) is 6.10. The number of quaternary nitrogens is 1. The van der Waals surface area contributed by atoms with E-state index in [0.717, 1.165) is 26.2 Å². The molecule has 0 aliphatic heterocycles. The first-order valence-corrected chi connectivity index (χ1v) is 10.4. The molecule has 146 valence electrons. The number of aryl methyl sites for hydroxylation is 1. The molecule has 1 heterocycles. The van der Waals surface area contributed by atoms with E-state index < -0.39 is 0 Å². The van der Waals surface area contributed by atoms with Crippen molar-refractivity contribution in [3.8, 4) is 0 Å². The smallest absolute Gasteiger partial charge is 0.119 e. The topological polar surface area (TPSA) is 9.37 Å². The Balaban J connectivity index is 1.52. The highest BCUT2D eigenvalue weighted by atomic mass is 15.1. The maximum atomic E-state index is 2.39. The fourth-order valence-electron chi connectivity index (χ4n) is 3.87. The summed E-state index contributed by atoms with van der Waals surface area (Å²) < 4.78 is 2.39. The van der Waals surface area contributed by atoms with Crippen LogP contribution in [0.25, 0.3) is 0 Å².